The molecule has 1 atom stereocenters. The first-order valence-corrected chi connectivity index (χ1v) is 9.50. The van der Waals surface area contributed by atoms with Crippen LogP contribution in [0, 0.1) is 0 Å². The number of halogens is 1. The summed E-state index contributed by atoms with van der Waals surface area (Å²) in [5, 5.41) is 1.93. The van der Waals surface area contributed by atoms with Crippen molar-refractivity contribution in [3.63, 3.8) is 0 Å². The van der Waals surface area contributed by atoms with Crippen LogP contribution in [0.5, 0.6) is 5.75 Å². The van der Waals surface area contributed by atoms with Gasteiger partial charge in [0.25, 0.3) is 0 Å². The molecule has 0 fully saturated rings. The largest absolute Gasteiger partial charge is 0.497 e. The van der Waals surface area contributed by atoms with Crippen molar-refractivity contribution in [2.45, 2.75) is 12.8 Å². The molecule has 0 aliphatic rings. The molecular weight excluding hydrogens is 408 g/mol. The van der Waals surface area contributed by atoms with Crippen molar-refractivity contribution in [1.29, 1.82) is 0 Å². The van der Waals surface area contributed by atoms with Crippen LogP contribution < -0.4 is 4.74 Å². The van der Waals surface area contributed by atoms with Crippen molar-refractivity contribution in [1.82, 2.24) is 9.97 Å². The third-order valence-electron chi connectivity index (χ3n) is 4.74. The molecule has 2 heterocycles. The van der Waals surface area contributed by atoms with E-state index < -0.39 is 5.92 Å². The third-order valence-corrected chi connectivity index (χ3v) is 5.23. The number of ether oxygens (including phenoxy) is 2. The monoisotopic (exact) mass is 426 g/mol. The van der Waals surface area contributed by atoms with Gasteiger partial charge in [-0.2, -0.15) is 0 Å². The first-order chi connectivity index (χ1) is 13.1. The molecule has 0 saturated carbocycles. The normalized spacial score (nSPS) is 12.4. The second-order valence-electron chi connectivity index (χ2n) is 6.27. The van der Waals surface area contributed by atoms with Gasteiger partial charge >= 0.3 is 5.97 Å². The van der Waals surface area contributed by atoms with Crippen LogP contribution in [0.15, 0.2) is 53.3 Å². The molecule has 27 heavy (non-hydrogen) atoms. The van der Waals surface area contributed by atoms with Crippen molar-refractivity contribution >= 4 is 43.7 Å². The van der Waals surface area contributed by atoms with E-state index in [1.54, 1.807) is 7.11 Å². The van der Waals surface area contributed by atoms with E-state index in [-0.39, 0.29) is 5.97 Å². The van der Waals surface area contributed by atoms with Crippen LogP contribution in [-0.2, 0) is 9.53 Å². The number of fused-ring (bicyclic) bond motifs is 2. The minimum absolute atomic E-state index is 0.276. The number of hydrogen-bond acceptors (Lipinski definition) is 3. The average molecular weight is 427 g/mol. The van der Waals surface area contributed by atoms with E-state index in [4.69, 9.17) is 9.47 Å². The molecule has 138 valence electrons. The topological polar surface area (TPSA) is 67.1 Å². The van der Waals surface area contributed by atoms with Gasteiger partial charge in [-0.1, -0.05) is 15.9 Å². The van der Waals surface area contributed by atoms with Gasteiger partial charge in [0.05, 0.1) is 13.7 Å². The van der Waals surface area contributed by atoms with Gasteiger partial charge in [-0.25, -0.2) is 0 Å². The minimum Gasteiger partial charge on any atom is -0.497 e. The summed E-state index contributed by atoms with van der Waals surface area (Å²) < 4.78 is 11.8. The zero-order chi connectivity index (χ0) is 19.0. The van der Waals surface area contributed by atoms with Crippen LogP contribution >= 0.6 is 15.9 Å². The summed E-state index contributed by atoms with van der Waals surface area (Å²) in [5.74, 6) is -0.0800. The maximum atomic E-state index is 13.0. The van der Waals surface area contributed by atoms with E-state index in [1.807, 2.05) is 55.7 Å². The highest BCUT2D eigenvalue weighted by Gasteiger charge is 2.29. The zero-order valence-corrected chi connectivity index (χ0v) is 16.6. The molecule has 5 nitrogen and oxygen atoms in total. The number of carbonyl (C=O) groups is 1. The molecule has 2 N–H and O–H groups in total. The predicted octanol–water partition coefficient (Wildman–Crippen LogP) is 5.12. The van der Waals surface area contributed by atoms with Gasteiger partial charge < -0.3 is 19.4 Å². The van der Waals surface area contributed by atoms with E-state index in [1.165, 1.54) is 0 Å². The maximum absolute atomic E-state index is 13.0. The molecule has 2 aromatic carbocycles. The molecule has 2 aromatic heterocycles. The summed E-state index contributed by atoms with van der Waals surface area (Å²) >= 11 is 3.52. The summed E-state index contributed by atoms with van der Waals surface area (Å²) in [6, 6.07) is 11.8. The highest BCUT2D eigenvalue weighted by Crippen LogP contribution is 2.37. The number of aromatic amines is 2. The van der Waals surface area contributed by atoms with Crippen LogP contribution in [-0.4, -0.2) is 29.7 Å². The molecule has 0 aliphatic heterocycles. The van der Waals surface area contributed by atoms with Crippen molar-refractivity contribution in [2.24, 2.45) is 0 Å². The summed E-state index contributed by atoms with van der Waals surface area (Å²) in [4.78, 5) is 19.5. The number of aromatic nitrogens is 2. The van der Waals surface area contributed by atoms with Crippen LogP contribution in [0.3, 0.4) is 0 Å². The van der Waals surface area contributed by atoms with E-state index >= 15 is 0 Å². The van der Waals surface area contributed by atoms with E-state index in [9.17, 15) is 4.79 Å². The minimum atomic E-state index is -0.547. The number of esters is 1. The van der Waals surface area contributed by atoms with Gasteiger partial charge in [0, 0.05) is 38.7 Å². The molecule has 0 amide bonds. The van der Waals surface area contributed by atoms with Gasteiger partial charge in [0.2, 0.25) is 0 Å². The quantitative estimate of drug-likeness (QED) is 0.435. The number of hydrogen-bond donors (Lipinski definition) is 2. The molecule has 1 unspecified atom stereocenters. The average Bonchev–Trinajstić information content (AvgIpc) is 3.27. The lowest BCUT2D eigenvalue weighted by atomic mass is 9.90. The Morgan fingerprint density at radius 3 is 2.30 bits per heavy atom. The van der Waals surface area contributed by atoms with Gasteiger partial charge in [-0.15, -0.1) is 0 Å². The highest BCUT2D eigenvalue weighted by molar-refractivity contribution is 9.10. The van der Waals surface area contributed by atoms with E-state index in [2.05, 4.69) is 25.9 Å². The van der Waals surface area contributed by atoms with Crippen molar-refractivity contribution in [3.05, 3.63) is 64.4 Å². The van der Waals surface area contributed by atoms with Gasteiger partial charge in [-0.3, -0.25) is 4.79 Å². The first kappa shape index (κ1) is 17.7. The van der Waals surface area contributed by atoms with E-state index in [0.717, 1.165) is 43.2 Å². The lowest BCUT2D eigenvalue weighted by Crippen LogP contribution is -2.17. The highest BCUT2D eigenvalue weighted by atomic mass is 79.9. The smallest absolute Gasteiger partial charge is 0.318 e. The van der Waals surface area contributed by atoms with Crippen LogP contribution in [0.25, 0.3) is 21.8 Å². The number of H-pyrrole nitrogens is 2. The summed E-state index contributed by atoms with van der Waals surface area (Å²) in [5.41, 5.74) is 3.66. The Morgan fingerprint density at radius 1 is 1.04 bits per heavy atom. The molecule has 0 bridgehead atoms. The molecule has 0 spiro atoms. The Hall–Kier alpha value is -2.73. The summed E-state index contributed by atoms with van der Waals surface area (Å²) in [6.45, 7) is 2.14. The lowest BCUT2D eigenvalue weighted by molar-refractivity contribution is -0.143. The SMILES string of the molecule is CCOC(=O)C(c1c[nH]c2ccc(Br)cc12)c1c[nH]c2ccc(OC)cc12. The number of rotatable bonds is 5. The van der Waals surface area contributed by atoms with Gasteiger partial charge in [0.15, 0.2) is 0 Å². The van der Waals surface area contributed by atoms with E-state index in [0.29, 0.717) is 6.61 Å². The fraction of sp³-hybridized carbons (Fsp3) is 0.190. The number of methoxy groups -OCH3 is 1. The zero-order valence-electron chi connectivity index (χ0n) is 15.0. The number of carbonyl (C=O) groups excluding carboxylic acids is 1. The summed E-state index contributed by atoms with van der Waals surface area (Å²) in [7, 11) is 1.63. The first-order valence-electron chi connectivity index (χ1n) is 8.70. The fourth-order valence-corrected chi connectivity index (χ4v) is 3.85. The van der Waals surface area contributed by atoms with Crippen molar-refractivity contribution in [3.8, 4) is 5.75 Å². The van der Waals surface area contributed by atoms with Crippen LogP contribution in [0.4, 0.5) is 0 Å². The Labute approximate surface area is 164 Å². The Morgan fingerprint density at radius 2 is 1.67 bits per heavy atom. The molecule has 4 rings (SSSR count). The standard InChI is InChI=1S/C21H19BrN2O3/c1-3-27-21(25)20(16-10-23-18-6-4-12(22)8-14(16)18)17-11-24-19-7-5-13(26-2)9-15(17)19/h4-11,20,23-24H,3H2,1-2H3. The summed E-state index contributed by atoms with van der Waals surface area (Å²) in [6.07, 6.45) is 3.76. The Kier molecular flexibility index (Phi) is 4.66. The second kappa shape index (κ2) is 7.12. The molecule has 0 aliphatic carbocycles. The Bertz CT molecular complexity index is 1130. The third kappa shape index (κ3) is 3.10. The molecule has 6 heteroatoms. The molecule has 0 saturated heterocycles. The fourth-order valence-electron chi connectivity index (χ4n) is 3.49. The molecule has 0 radical (unpaired) electrons. The van der Waals surface area contributed by atoms with Crippen LogP contribution in [0.1, 0.15) is 24.0 Å². The van der Waals surface area contributed by atoms with Gasteiger partial charge in [-0.05, 0) is 54.4 Å². The Balaban J connectivity index is 1.94. The van der Waals surface area contributed by atoms with Crippen molar-refractivity contribution in [2.75, 3.05) is 13.7 Å². The maximum Gasteiger partial charge on any atom is 0.318 e. The van der Waals surface area contributed by atoms with Crippen molar-refractivity contribution < 1.29 is 14.3 Å². The number of benzene rings is 2. The second-order valence-corrected chi connectivity index (χ2v) is 7.19. The molecular formula is C21H19BrN2O3. The molecule has 4 aromatic rings. The van der Waals surface area contributed by atoms with Crippen LogP contribution in [0.2, 0.25) is 0 Å². The lowest BCUT2D eigenvalue weighted by Gasteiger charge is -2.15. The number of nitrogens with one attached hydrogen (secondary N) is 2. The predicted molar refractivity (Wildman–Crippen MR) is 109 cm³/mol. The van der Waals surface area contributed by atoms with Gasteiger partial charge in [0.1, 0.15) is 11.7 Å².